The van der Waals surface area contributed by atoms with Crippen molar-refractivity contribution in [1.29, 1.82) is 0 Å². The highest BCUT2D eigenvalue weighted by molar-refractivity contribution is 7.20. The summed E-state index contributed by atoms with van der Waals surface area (Å²) in [5.41, 5.74) is -1.72. The third-order valence-corrected chi connectivity index (χ3v) is 3.92. The van der Waals surface area contributed by atoms with Gasteiger partial charge in [-0.05, 0) is 51.0 Å². The van der Waals surface area contributed by atoms with Crippen LogP contribution >= 0.6 is 11.3 Å². The van der Waals surface area contributed by atoms with Gasteiger partial charge < -0.3 is 9.31 Å². The predicted octanol–water partition coefficient (Wildman–Crippen LogP) is 2.61. The maximum Gasteiger partial charge on any atom is 0.505 e. The Balaban J connectivity index is 2.49. The van der Waals surface area contributed by atoms with Crippen LogP contribution in [-0.2, 0) is 15.7 Å². The van der Waals surface area contributed by atoms with E-state index in [1.165, 1.54) is 0 Å². The lowest BCUT2D eigenvalue weighted by Crippen LogP contribution is -2.41. The van der Waals surface area contributed by atoms with E-state index in [0.29, 0.717) is 0 Å². The lowest BCUT2D eigenvalue weighted by Gasteiger charge is -2.32. The minimum Gasteiger partial charge on any atom is -0.399 e. The highest BCUT2D eigenvalue weighted by Crippen LogP contribution is 2.36. The van der Waals surface area contributed by atoms with E-state index in [9.17, 15) is 0 Å². The standard InChI is InChI=1S/C12H19BO2S/c1-6-9-7-10(16-8-9)13-14-11(2,3)12(4,5)15-13/h7-8H,6H2,1-5H3/i1D3,6D2,7D,8D. The molecule has 0 bridgehead atoms. The van der Waals surface area contributed by atoms with Crippen molar-refractivity contribution in [3.05, 3.63) is 17.0 Å². The molecule has 0 aromatic carbocycles. The van der Waals surface area contributed by atoms with E-state index >= 15 is 0 Å². The summed E-state index contributed by atoms with van der Waals surface area (Å²) in [7, 11) is -0.914. The van der Waals surface area contributed by atoms with Gasteiger partial charge in [-0.2, -0.15) is 11.3 Å². The lowest BCUT2D eigenvalue weighted by molar-refractivity contribution is 0.00578. The highest BCUT2D eigenvalue weighted by atomic mass is 32.1. The highest BCUT2D eigenvalue weighted by Gasteiger charge is 2.52. The molecule has 0 saturated carbocycles. The first kappa shape index (κ1) is 6.03. The quantitative estimate of drug-likeness (QED) is 0.746. The summed E-state index contributed by atoms with van der Waals surface area (Å²) in [6.45, 7) is 4.40. The monoisotopic (exact) mass is 245 g/mol. The van der Waals surface area contributed by atoms with Crippen LogP contribution in [0, 0.1) is 0 Å². The number of hydrogen-bond acceptors (Lipinski definition) is 3. The predicted molar refractivity (Wildman–Crippen MR) is 69.4 cm³/mol. The molecule has 2 nitrogen and oxygen atoms in total. The second-order valence-electron chi connectivity index (χ2n) is 4.78. The van der Waals surface area contributed by atoms with Crippen molar-refractivity contribution < 1.29 is 18.9 Å². The zero-order valence-corrected chi connectivity index (χ0v) is 10.6. The molecule has 1 aromatic rings. The summed E-state index contributed by atoms with van der Waals surface area (Å²) in [5.74, 6) is 0. The van der Waals surface area contributed by atoms with Crippen LogP contribution in [-0.4, -0.2) is 18.3 Å². The Kier molecular flexibility index (Phi) is 1.46. The molecule has 4 heteroatoms. The molecule has 2 rings (SSSR count). The van der Waals surface area contributed by atoms with Gasteiger partial charge in [-0.25, -0.2) is 0 Å². The summed E-state index contributed by atoms with van der Waals surface area (Å²) >= 11 is 0.822. The van der Waals surface area contributed by atoms with E-state index in [2.05, 4.69) is 0 Å². The molecule has 0 radical (unpaired) electrons. The maximum atomic E-state index is 8.17. The molecule has 1 fully saturated rings. The maximum absolute atomic E-state index is 8.17. The summed E-state index contributed by atoms with van der Waals surface area (Å²) < 4.78 is 65.6. The first-order valence-corrected chi connectivity index (χ1v) is 5.89. The van der Waals surface area contributed by atoms with Crippen molar-refractivity contribution in [2.75, 3.05) is 0 Å². The van der Waals surface area contributed by atoms with Crippen molar-refractivity contribution in [2.45, 2.75) is 52.1 Å². The average molecular weight is 245 g/mol. The van der Waals surface area contributed by atoms with E-state index in [1.807, 2.05) is 27.7 Å². The molecule has 16 heavy (non-hydrogen) atoms. The van der Waals surface area contributed by atoms with E-state index in [-0.39, 0.29) is 16.2 Å². The van der Waals surface area contributed by atoms with Crippen LogP contribution in [0.2, 0.25) is 0 Å². The molecule has 0 spiro atoms. The Morgan fingerprint density at radius 2 is 2.06 bits per heavy atom. The fourth-order valence-corrected chi connectivity index (χ4v) is 2.05. The smallest absolute Gasteiger partial charge is 0.399 e. The van der Waals surface area contributed by atoms with Crippen molar-refractivity contribution >= 4 is 23.2 Å². The number of thiophene rings is 1. The van der Waals surface area contributed by atoms with Gasteiger partial charge in [0.25, 0.3) is 0 Å². The molecular formula is C12H19BO2S. The fourth-order valence-electron chi connectivity index (χ4n) is 1.39. The zero-order chi connectivity index (χ0) is 18.0. The molecular weight excluding hydrogens is 219 g/mol. The normalized spacial score (nSPS) is 30.8. The summed E-state index contributed by atoms with van der Waals surface area (Å²) in [5, 5.41) is -0.291. The molecule has 1 saturated heterocycles. The first-order chi connectivity index (χ1) is 10.1. The second-order valence-corrected chi connectivity index (χ2v) is 5.63. The molecule has 88 valence electrons. The van der Waals surface area contributed by atoms with E-state index in [1.54, 1.807) is 0 Å². The van der Waals surface area contributed by atoms with Crippen LogP contribution in [0.5, 0.6) is 0 Å². The number of hydrogen-bond donors (Lipinski definition) is 0. The summed E-state index contributed by atoms with van der Waals surface area (Å²) in [6, 6.07) is -0.334. The first-order valence-electron chi connectivity index (χ1n) is 8.58. The minimum absolute atomic E-state index is 0.219. The van der Waals surface area contributed by atoms with Gasteiger partial charge >= 0.3 is 7.12 Å². The molecule has 1 aliphatic heterocycles. The topological polar surface area (TPSA) is 18.5 Å². The Labute approximate surface area is 112 Å². The van der Waals surface area contributed by atoms with Crippen molar-refractivity contribution in [1.82, 2.24) is 0 Å². The largest absolute Gasteiger partial charge is 0.505 e. The molecule has 0 N–H and O–H groups in total. The van der Waals surface area contributed by atoms with E-state index < -0.39 is 37.1 Å². The molecule has 0 unspecified atom stereocenters. The molecule has 0 aliphatic carbocycles. The summed E-state index contributed by atoms with van der Waals surface area (Å²) in [6.07, 6.45) is -2.78. The SMILES string of the molecule is [2H]c1sc(B2OC(C)(C)C(C)(C)O2)c([2H])c1C([2H])([2H])C([2H])([2H])[2H]. The van der Waals surface area contributed by atoms with Crippen molar-refractivity contribution in [3.8, 4) is 0 Å². The van der Waals surface area contributed by atoms with Crippen LogP contribution in [0.1, 0.15) is 49.7 Å². The van der Waals surface area contributed by atoms with Gasteiger partial charge in [0, 0.05) is 11.6 Å². The van der Waals surface area contributed by atoms with Gasteiger partial charge in [0.05, 0.1) is 13.9 Å². The second kappa shape index (κ2) is 3.86. The molecule has 2 heterocycles. The third kappa shape index (κ3) is 1.94. The van der Waals surface area contributed by atoms with Gasteiger partial charge in [0.15, 0.2) is 0 Å². The average Bonchev–Trinajstić information content (AvgIpc) is 2.72. The number of rotatable bonds is 2. The van der Waals surface area contributed by atoms with Crippen molar-refractivity contribution in [3.63, 3.8) is 0 Å². The molecule has 0 amide bonds. The molecule has 1 aromatic heterocycles. The Bertz CT molecular complexity index is 608. The van der Waals surface area contributed by atoms with E-state index in [0.717, 1.165) is 11.3 Å². The third-order valence-electron chi connectivity index (χ3n) is 3.10. The van der Waals surface area contributed by atoms with Crippen LogP contribution in [0.25, 0.3) is 0 Å². The van der Waals surface area contributed by atoms with Gasteiger partial charge in [0.2, 0.25) is 0 Å². The lowest BCUT2D eigenvalue weighted by atomic mass is 9.87. The Hall–Kier alpha value is -0.315. The Morgan fingerprint density at radius 1 is 1.44 bits per heavy atom. The van der Waals surface area contributed by atoms with Crippen molar-refractivity contribution in [2.24, 2.45) is 0 Å². The van der Waals surface area contributed by atoms with Gasteiger partial charge in [0.1, 0.15) is 0 Å². The van der Waals surface area contributed by atoms with Gasteiger partial charge in [-0.15, -0.1) is 0 Å². The van der Waals surface area contributed by atoms with Crippen LogP contribution in [0.3, 0.4) is 0 Å². The summed E-state index contributed by atoms with van der Waals surface area (Å²) in [4.78, 5) is 0. The molecule has 1 aliphatic rings. The Morgan fingerprint density at radius 3 is 2.62 bits per heavy atom. The zero-order valence-electron chi connectivity index (χ0n) is 16.8. The van der Waals surface area contributed by atoms with Crippen LogP contribution in [0.4, 0.5) is 0 Å². The van der Waals surface area contributed by atoms with E-state index in [4.69, 9.17) is 18.9 Å². The van der Waals surface area contributed by atoms with Gasteiger partial charge in [-0.1, -0.05) is 6.85 Å². The van der Waals surface area contributed by atoms with Crippen LogP contribution in [0.15, 0.2) is 11.4 Å². The minimum atomic E-state index is -2.97. The van der Waals surface area contributed by atoms with Gasteiger partial charge in [-0.3, -0.25) is 0 Å². The fraction of sp³-hybridized carbons (Fsp3) is 0.667. The van der Waals surface area contributed by atoms with Crippen LogP contribution < -0.4 is 4.78 Å². The molecule has 0 atom stereocenters.